The third-order valence-corrected chi connectivity index (χ3v) is 4.59. The highest BCUT2D eigenvalue weighted by atomic mass is 19.2. The molecule has 5 nitrogen and oxygen atoms in total. The lowest BCUT2D eigenvalue weighted by Crippen LogP contribution is -2.34. The van der Waals surface area contributed by atoms with Crippen molar-refractivity contribution >= 4 is 5.91 Å². The van der Waals surface area contributed by atoms with E-state index in [1.165, 1.54) is 0 Å². The molecule has 1 aliphatic rings. The Morgan fingerprint density at radius 1 is 1.24 bits per heavy atom. The quantitative estimate of drug-likeness (QED) is 0.856. The van der Waals surface area contributed by atoms with Crippen molar-refractivity contribution in [3.8, 4) is 0 Å². The van der Waals surface area contributed by atoms with Crippen molar-refractivity contribution in [1.82, 2.24) is 14.7 Å². The van der Waals surface area contributed by atoms with Crippen molar-refractivity contribution in [2.45, 2.75) is 38.9 Å². The van der Waals surface area contributed by atoms with Gasteiger partial charge in [0.1, 0.15) is 5.82 Å². The number of hydrogen-bond acceptors (Lipinski definition) is 3. The molecule has 0 fully saturated rings. The Morgan fingerprint density at radius 3 is 2.60 bits per heavy atom. The molecule has 8 heteroatoms. The summed E-state index contributed by atoms with van der Waals surface area (Å²) in [7, 11) is 1.85. The molecule has 0 saturated carbocycles. The van der Waals surface area contributed by atoms with Gasteiger partial charge in [-0.3, -0.25) is 9.48 Å². The zero-order chi connectivity index (χ0) is 18.3. The molecule has 2 heterocycles. The van der Waals surface area contributed by atoms with Crippen molar-refractivity contribution in [3.63, 3.8) is 0 Å². The van der Waals surface area contributed by atoms with Gasteiger partial charge in [0.15, 0.2) is 11.6 Å². The number of hydrogen-bond donors (Lipinski definition) is 1. The number of benzene rings is 1. The van der Waals surface area contributed by atoms with Gasteiger partial charge in [-0.15, -0.1) is 0 Å². The third-order valence-electron chi connectivity index (χ3n) is 4.59. The lowest BCUT2D eigenvalue weighted by Gasteiger charge is -2.19. The second-order valence-corrected chi connectivity index (χ2v) is 6.41. The molecule has 0 saturated heterocycles. The van der Waals surface area contributed by atoms with E-state index >= 15 is 0 Å². The van der Waals surface area contributed by atoms with E-state index in [4.69, 9.17) is 5.73 Å². The predicted molar refractivity (Wildman–Crippen MR) is 84.8 cm³/mol. The number of aromatic nitrogens is 2. The molecule has 134 valence electrons. The standard InChI is InChI=1S/C17H19F3N4O/c1-9-12-7-24(8-16(12)22-23(9)2)17(25)5-11(21)3-10-4-14(19)15(20)6-13(10)18/h4,6,11H,3,5,7-8,21H2,1-2H3/t11-/m1/s1. The smallest absolute Gasteiger partial charge is 0.224 e. The van der Waals surface area contributed by atoms with Gasteiger partial charge in [0.25, 0.3) is 0 Å². The number of rotatable bonds is 4. The second-order valence-electron chi connectivity index (χ2n) is 6.41. The molecule has 1 aromatic heterocycles. The van der Waals surface area contributed by atoms with Crippen LogP contribution in [0.4, 0.5) is 13.2 Å². The molecule has 3 rings (SSSR count). The van der Waals surface area contributed by atoms with Crippen LogP contribution in [0.5, 0.6) is 0 Å². The molecule has 0 radical (unpaired) electrons. The molecule has 25 heavy (non-hydrogen) atoms. The molecule has 1 atom stereocenters. The average molecular weight is 352 g/mol. The highest BCUT2D eigenvalue weighted by Gasteiger charge is 2.29. The molecule has 1 amide bonds. The van der Waals surface area contributed by atoms with Crippen LogP contribution in [0, 0.1) is 24.4 Å². The van der Waals surface area contributed by atoms with E-state index in [9.17, 15) is 18.0 Å². The van der Waals surface area contributed by atoms with Crippen LogP contribution >= 0.6 is 0 Å². The Bertz CT molecular complexity index is 834. The number of amides is 1. The molecule has 2 aromatic rings. The van der Waals surface area contributed by atoms with Crippen LogP contribution in [0.25, 0.3) is 0 Å². The number of aryl methyl sites for hydroxylation is 1. The normalized spacial score (nSPS) is 14.7. The van der Waals surface area contributed by atoms with Crippen LogP contribution in [0.1, 0.15) is 28.9 Å². The van der Waals surface area contributed by atoms with Crippen molar-refractivity contribution < 1.29 is 18.0 Å². The SMILES string of the molecule is Cc1c2c(nn1C)CN(C(=O)C[C@H](N)Cc1cc(F)c(F)cc1F)C2. The van der Waals surface area contributed by atoms with Gasteiger partial charge in [0.2, 0.25) is 5.91 Å². The van der Waals surface area contributed by atoms with Gasteiger partial charge in [0.05, 0.1) is 12.2 Å². The maximum absolute atomic E-state index is 13.7. The fourth-order valence-corrected chi connectivity index (χ4v) is 3.09. The molecular weight excluding hydrogens is 333 g/mol. The minimum absolute atomic E-state index is 0.00607. The maximum Gasteiger partial charge on any atom is 0.224 e. The van der Waals surface area contributed by atoms with Crippen LogP contribution in [0.15, 0.2) is 12.1 Å². The van der Waals surface area contributed by atoms with Gasteiger partial charge >= 0.3 is 0 Å². The van der Waals surface area contributed by atoms with E-state index < -0.39 is 23.5 Å². The van der Waals surface area contributed by atoms with Gasteiger partial charge in [-0.1, -0.05) is 0 Å². The van der Waals surface area contributed by atoms with Gasteiger partial charge in [-0.2, -0.15) is 5.10 Å². The molecular formula is C17H19F3N4O. The number of nitrogens with two attached hydrogens (primary N) is 1. The summed E-state index contributed by atoms with van der Waals surface area (Å²) in [6, 6.07) is 0.589. The summed E-state index contributed by atoms with van der Waals surface area (Å²) in [5.74, 6) is -3.41. The summed E-state index contributed by atoms with van der Waals surface area (Å²) in [5.41, 5.74) is 8.80. The fourth-order valence-electron chi connectivity index (χ4n) is 3.09. The highest BCUT2D eigenvalue weighted by Crippen LogP contribution is 2.25. The maximum atomic E-state index is 13.7. The minimum Gasteiger partial charge on any atom is -0.332 e. The monoisotopic (exact) mass is 352 g/mol. The van der Waals surface area contributed by atoms with E-state index in [1.54, 1.807) is 9.58 Å². The zero-order valence-electron chi connectivity index (χ0n) is 14.0. The van der Waals surface area contributed by atoms with Crippen LogP contribution in [0.3, 0.4) is 0 Å². The summed E-state index contributed by atoms with van der Waals surface area (Å²) in [6.07, 6.45) is -0.0537. The van der Waals surface area contributed by atoms with E-state index in [0.29, 0.717) is 19.2 Å². The first kappa shape index (κ1) is 17.5. The van der Waals surface area contributed by atoms with Crippen molar-refractivity contribution in [2.24, 2.45) is 12.8 Å². The third kappa shape index (κ3) is 3.39. The minimum atomic E-state index is -1.25. The summed E-state index contributed by atoms with van der Waals surface area (Å²) in [5, 5.41) is 4.36. The zero-order valence-corrected chi connectivity index (χ0v) is 14.0. The van der Waals surface area contributed by atoms with Crippen molar-refractivity contribution in [1.29, 1.82) is 0 Å². The summed E-state index contributed by atoms with van der Waals surface area (Å²) in [4.78, 5) is 14.0. The molecule has 2 N–H and O–H groups in total. The van der Waals surface area contributed by atoms with E-state index in [-0.39, 0.29) is 24.3 Å². The molecule has 0 bridgehead atoms. The molecule has 0 aliphatic carbocycles. The first-order valence-electron chi connectivity index (χ1n) is 7.94. The Balaban J connectivity index is 1.61. The number of carbonyl (C=O) groups is 1. The lowest BCUT2D eigenvalue weighted by molar-refractivity contribution is -0.132. The van der Waals surface area contributed by atoms with Crippen LogP contribution in [-0.4, -0.2) is 26.6 Å². The summed E-state index contributed by atoms with van der Waals surface area (Å²) < 4.78 is 41.7. The predicted octanol–water partition coefficient (Wildman–Crippen LogP) is 1.95. The van der Waals surface area contributed by atoms with Crippen molar-refractivity contribution in [2.75, 3.05) is 0 Å². The topological polar surface area (TPSA) is 64.2 Å². The van der Waals surface area contributed by atoms with E-state index in [2.05, 4.69) is 5.10 Å². The second kappa shape index (κ2) is 6.51. The van der Waals surface area contributed by atoms with Gasteiger partial charge < -0.3 is 10.6 Å². The van der Waals surface area contributed by atoms with Crippen LogP contribution in [0.2, 0.25) is 0 Å². The van der Waals surface area contributed by atoms with E-state index in [0.717, 1.165) is 23.0 Å². The number of carbonyl (C=O) groups excluding carboxylic acids is 1. The number of halogens is 3. The summed E-state index contributed by atoms with van der Waals surface area (Å²) >= 11 is 0. The van der Waals surface area contributed by atoms with Crippen molar-refractivity contribution in [3.05, 3.63) is 52.1 Å². The Kier molecular flexibility index (Phi) is 4.55. The van der Waals surface area contributed by atoms with Gasteiger partial charge in [-0.25, -0.2) is 13.2 Å². The highest BCUT2D eigenvalue weighted by molar-refractivity contribution is 5.77. The lowest BCUT2D eigenvalue weighted by atomic mass is 10.0. The van der Waals surface area contributed by atoms with Crippen LogP contribution < -0.4 is 5.73 Å². The van der Waals surface area contributed by atoms with Crippen LogP contribution in [-0.2, 0) is 31.4 Å². The Labute approximate surface area is 143 Å². The summed E-state index contributed by atoms with van der Waals surface area (Å²) in [6.45, 7) is 2.83. The van der Waals surface area contributed by atoms with Gasteiger partial charge in [-0.05, 0) is 25.0 Å². The Hall–Kier alpha value is -2.35. The average Bonchev–Trinajstić information content (AvgIpc) is 3.05. The molecule has 0 spiro atoms. The van der Waals surface area contributed by atoms with Gasteiger partial charge in [0, 0.05) is 43.4 Å². The largest absolute Gasteiger partial charge is 0.332 e. The number of fused-ring (bicyclic) bond motifs is 1. The number of nitrogens with zero attached hydrogens (tertiary/aromatic N) is 3. The fraction of sp³-hybridized carbons (Fsp3) is 0.412. The first-order valence-corrected chi connectivity index (χ1v) is 7.94. The Morgan fingerprint density at radius 2 is 1.92 bits per heavy atom. The molecule has 1 aromatic carbocycles. The van der Waals surface area contributed by atoms with E-state index in [1.807, 2.05) is 14.0 Å². The first-order chi connectivity index (χ1) is 11.8. The molecule has 0 unspecified atom stereocenters. The molecule has 1 aliphatic heterocycles.